The topological polar surface area (TPSA) is 47.1 Å². The minimum absolute atomic E-state index is 0.656. The van der Waals surface area contributed by atoms with Crippen molar-refractivity contribution in [2.24, 2.45) is 18.7 Å². The zero-order valence-corrected chi connectivity index (χ0v) is 13.3. The molecule has 114 valence electrons. The van der Waals surface area contributed by atoms with Crippen molar-refractivity contribution >= 4 is 0 Å². The molecule has 2 rings (SSSR count). The van der Waals surface area contributed by atoms with Crippen molar-refractivity contribution in [3.05, 3.63) is 17.5 Å². The van der Waals surface area contributed by atoms with Crippen LogP contribution in [0.15, 0.2) is 6.20 Å². The summed E-state index contributed by atoms with van der Waals surface area (Å²) in [7, 11) is 2.02. The third-order valence-electron chi connectivity index (χ3n) is 4.75. The third-order valence-corrected chi connectivity index (χ3v) is 4.75. The van der Waals surface area contributed by atoms with Gasteiger partial charge in [-0.2, -0.15) is 5.10 Å². The van der Waals surface area contributed by atoms with Gasteiger partial charge in [0.1, 0.15) is 0 Å². The van der Waals surface area contributed by atoms with Gasteiger partial charge in [0.15, 0.2) is 0 Å². The maximum Gasteiger partial charge on any atom is 0.0666 e. The van der Waals surface area contributed by atoms with Gasteiger partial charge in [-0.05, 0) is 38.3 Å². The number of hydrogen-bond donors (Lipinski definition) is 1. The number of nitrogens with zero attached hydrogens (tertiary/aromatic N) is 3. The van der Waals surface area contributed by atoms with Crippen LogP contribution in [-0.4, -0.2) is 33.8 Å². The monoisotopic (exact) mass is 278 g/mol. The Morgan fingerprint density at radius 3 is 2.75 bits per heavy atom. The molecular formula is C16H30N4. The van der Waals surface area contributed by atoms with Gasteiger partial charge in [-0.25, -0.2) is 0 Å². The second kappa shape index (κ2) is 7.23. The predicted octanol–water partition coefficient (Wildman–Crippen LogP) is 2.32. The molecule has 4 nitrogen and oxygen atoms in total. The molecular weight excluding hydrogens is 248 g/mol. The van der Waals surface area contributed by atoms with Crippen molar-refractivity contribution in [3.8, 4) is 0 Å². The van der Waals surface area contributed by atoms with Gasteiger partial charge in [0.25, 0.3) is 0 Å². The summed E-state index contributed by atoms with van der Waals surface area (Å²) in [6, 6.07) is 0.656. The van der Waals surface area contributed by atoms with E-state index in [2.05, 4.69) is 30.0 Å². The van der Waals surface area contributed by atoms with Gasteiger partial charge in [-0.3, -0.25) is 9.58 Å². The number of aromatic nitrogens is 2. The molecule has 1 fully saturated rings. The van der Waals surface area contributed by atoms with Crippen LogP contribution >= 0.6 is 0 Å². The van der Waals surface area contributed by atoms with E-state index in [4.69, 9.17) is 5.73 Å². The Hall–Kier alpha value is -0.870. The molecule has 0 spiro atoms. The fraction of sp³-hybridized carbons (Fsp3) is 0.812. The zero-order valence-electron chi connectivity index (χ0n) is 13.3. The van der Waals surface area contributed by atoms with Crippen LogP contribution in [0, 0.1) is 5.92 Å². The fourth-order valence-corrected chi connectivity index (χ4v) is 3.64. The molecule has 0 saturated heterocycles. The smallest absolute Gasteiger partial charge is 0.0666 e. The lowest BCUT2D eigenvalue weighted by Crippen LogP contribution is -2.44. The molecule has 2 unspecified atom stereocenters. The minimum Gasteiger partial charge on any atom is -0.330 e. The molecule has 1 aliphatic rings. The highest BCUT2D eigenvalue weighted by Crippen LogP contribution is 2.29. The van der Waals surface area contributed by atoms with Crippen molar-refractivity contribution in [2.75, 3.05) is 13.1 Å². The Kier molecular flexibility index (Phi) is 5.61. The standard InChI is InChI=1S/C16H30N4/c1-4-15-14(11-19(3)18-15)12-20(5-2)16-9-7-6-8-13(16)10-17/h11,13,16H,4-10,12,17H2,1-3H3. The predicted molar refractivity (Wildman–Crippen MR) is 83.5 cm³/mol. The van der Waals surface area contributed by atoms with Crippen LogP contribution in [0.5, 0.6) is 0 Å². The first-order chi connectivity index (χ1) is 9.69. The first kappa shape index (κ1) is 15.5. The lowest BCUT2D eigenvalue weighted by molar-refractivity contribution is 0.105. The molecule has 1 aromatic heterocycles. The van der Waals surface area contributed by atoms with E-state index in [-0.39, 0.29) is 0 Å². The van der Waals surface area contributed by atoms with Crippen LogP contribution in [0.25, 0.3) is 0 Å². The number of aryl methyl sites for hydroxylation is 2. The van der Waals surface area contributed by atoms with E-state index in [1.165, 1.54) is 36.9 Å². The Morgan fingerprint density at radius 2 is 2.10 bits per heavy atom. The largest absolute Gasteiger partial charge is 0.330 e. The first-order valence-electron chi connectivity index (χ1n) is 8.15. The van der Waals surface area contributed by atoms with Gasteiger partial charge in [0.2, 0.25) is 0 Å². The fourth-order valence-electron chi connectivity index (χ4n) is 3.64. The summed E-state index contributed by atoms with van der Waals surface area (Å²) in [6.07, 6.45) is 8.50. The summed E-state index contributed by atoms with van der Waals surface area (Å²) in [5.41, 5.74) is 8.63. The van der Waals surface area contributed by atoms with E-state index in [1.807, 2.05) is 11.7 Å². The summed E-state index contributed by atoms with van der Waals surface area (Å²) in [5.74, 6) is 0.672. The van der Waals surface area contributed by atoms with E-state index < -0.39 is 0 Å². The Morgan fingerprint density at radius 1 is 1.35 bits per heavy atom. The van der Waals surface area contributed by atoms with Crippen LogP contribution < -0.4 is 5.73 Å². The molecule has 0 radical (unpaired) electrons. The van der Waals surface area contributed by atoms with Gasteiger partial charge in [-0.1, -0.05) is 26.7 Å². The summed E-state index contributed by atoms with van der Waals surface area (Å²) < 4.78 is 1.95. The Bertz CT molecular complexity index is 413. The number of nitrogens with two attached hydrogens (primary N) is 1. The van der Waals surface area contributed by atoms with E-state index in [1.54, 1.807) is 0 Å². The minimum atomic E-state index is 0.656. The van der Waals surface area contributed by atoms with E-state index in [0.717, 1.165) is 26.1 Å². The van der Waals surface area contributed by atoms with Crippen LogP contribution in [0.1, 0.15) is 50.8 Å². The third kappa shape index (κ3) is 3.41. The average molecular weight is 278 g/mol. The van der Waals surface area contributed by atoms with Crippen LogP contribution in [-0.2, 0) is 20.0 Å². The molecule has 1 heterocycles. The van der Waals surface area contributed by atoms with Gasteiger partial charge in [0, 0.05) is 31.4 Å². The van der Waals surface area contributed by atoms with Crippen LogP contribution in [0.4, 0.5) is 0 Å². The van der Waals surface area contributed by atoms with Gasteiger partial charge in [0.05, 0.1) is 5.69 Å². The van der Waals surface area contributed by atoms with Crippen molar-refractivity contribution < 1.29 is 0 Å². The highest BCUT2D eigenvalue weighted by atomic mass is 15.3. The molecule has 1 aliphatic carbocycles. The normalized spacial score (nSPS) is 23.4. The molecule has 2 atom stereocenters. The molecule has 2 N–H and O–H groups in total. The lowest BCUT2D eigenvalue weighted by Gasteiger charge is -2.39. The van der Waals surface area contributed by atoms with Crippen molar-refractivity contribution in [3.63, 3.8) is 0 Å². The van der Waals surface area contributed by atoms with Crippen LogP contribution in [0.2, 0.25) is 0 Å². The highest BCUT2D eigenvalue weighted by Gasteiger charge is 2.29. The van der Waals surface area contributed by atoms with E-state index >= 15 is 0 Å². The average Bonchev–Trinajstić information content (AvgIpc) is 2.84. The molecule has 0 bridgehead atoms. The molecule has 1 aromatic rings. The number of rotatable bonds is 6. The molecule has 4 heteroatoms. The molecule has 0 amide bonds. The van der Waals surface area contributed by atoms with E-state index in [9.17, 15) is 0 Å². The summed E-state index contributed by atoms with van der Waals surface area (Å²) >= 11 is 0. The Labute approximate surface area is 123 Å². The molecule has 0 aromatic carbocycles. The molecule has 1 saturated carbocycles. The molecule has 20 heavy (non-hydrogen) atoms. The van der Waals surface area contributed by atoms with Crippen molar-refractivity contribution in [1.29, 1.82) is 0 Å². The maximum atomic E-state index is 6.00. The quantitative estimate of drug-likeness (QED) is 0.868. The summed E-state index contributed by atoms with van der Waals surface area (Å²) in [5, 5.41) is 4.57. The van der Waals surface area contributed by atoms with E-state index in [0.29, 0.717) is 12.0 Å². The zero-order chi connectivity index (χ0) is 14.5. The van der Waals surface area contributed by atoms with Crippen molar-refractivity contribution in [2.45, 2.75) is 58.5 Å². The van der Waals surface area contributed by atoms with Gasteiger partial charge < -0.3 is 5.73 Å². The number of hydrogen-bond acceptors (Lipinski definition) is 3. The van der Waals surface area contributed by atoms with Gasteiger partial charge in [-0.15, -0.1) is 0 Å². The second-order valence-electron chi connectivity index (χ2n) is 6.04. The Balaban J connectivity index is 2.11. The summed E-state index contributed by atoms with van der Waals surface area (Å²) in [6.45, 7) is 7.40. The SMILES string of the molecule is CCc1nn(C)cc1CN(CC)C1CCCCC1CN. The van der Waals surface area contributed by atoms with Gasteiger partial charge >= 0.3 is 0 Å². The van der Waals surface area contributed by atoms with Crippen LogP contribution in [0.3, 0.4) is 0 Å². The second-order valence-corrected chi connectivity index (χ2v) is 6.04. The van der Waals surface area contributed by atoms with Crippen molar-refractivity contribution in [1.82, 2.24) is 14.7 Å². The summed E-state index contributed by atoms with van der Waals surface area (Å²) in [4.78, 5) is 2.62. The first-order valence-corrected chi connectivity index (χ1v) is 8.15. The maximum absolute atomic E-state index is 6.00. The lowest BCUT2D eigenvalue weighted by atomic mass is 9.83. The highest BCUT2D eigenvalue weighted by molar-refractivity contribution is 5.17. The molecule has 0 aliphatic heterocycles.